The molecule has 8 heteroatoms. The summed E-state index contributed by atoms with van der Waals surface area (Å²) in [5.41, 5.74) is 2.37. The summed E-state index contributed by atoms with van der Waals surface area (Å²) in [6.45, 7) is 4.96. The van der Waals surface area contributed by atoms with Crippen LogP contribution in [0.25, 0.3) is 0 Å². The molecule has 0 saturated carbocycles. The Morgan fingerprint density at radius 1 is 1.00 bits per heavy atom. The number of nitrogens with one attached hydrogen (secondary N) is 1. The predicted molar refractivity (Wildman–Crippen MR) is 138 cm³/mol. The van der Waals surface area contributed by atoms with E-state index in [1.807, 2.05) is 36.4 Å². The molecule has 3 atom stereocenters. The van der Waals surface area contributed by atoms with Crippen molar-refractivity contribution >= 4 is 12.1 Å². The van der Waals surface area contributed by atoms with Crippen LogP contribution in [0.1, 0.15) is 40.4 Å². The normalized spacial score (nSPS) is 19.3. The van der Waals surface area contributed by atoms with Gasteiger partial charge in [-0.1, -0.05) is 42.5 Å². The van der Waals surface area contributed by atoms with Gasteiger partial charge in [-0.25, -0.2) is 9.59 Å². The average molecular weight is 503 g/mol. The molecule has 3 aromatic rings. The lowest BCUT2D eigenvalue weighted by atomic mass is 9.88. The maximum atomic E-state index is 13.0. The smallest absolute Gasteiger partial charge is 0.415 e. The fraction of sp³-hybridized carbons (Fsp3) is 0.310. The monoisotopic (exact) mass is 502 g/mol. The number of ether oxygens (including phenoxy) is 3. The number of hydrogen-bond acceptors (Lipinski definition) is 6. The summed E-state index contributed by atoms with van der Waals surface area (Å²) < 4.78 is 17.2. The van der Waals surface area contributed by atoms with Crippen LogP contribution in [0.3, 0.4) is 0 Å². The van der Waals surface area contributed by atoms with Crippen molar-refractivity contribution in [3.8, 4) is 17.2 Å². The first-order chi connectivity index (χ1) is 18.0. The summed E-state index contributed by atoms with van der Waals surface area (Å²) in [5.74, 6) is 1.17. The first-order valence-electron chi connectivity index (χ1n) is 12.5. The van der Waals surface area contributed by atoms with Crippen LogP contribution < -0.4 is 19.5 Å². The zero-order valence-corrected chi connectivity index (χ0v) is 20.6. The first-order valence-corrected chi connectivity index (χ1v) is 12.5. The topological polar surface area (TPSA) is 97.3 Å². The van der Waals surface area contributed by atoms with E-state index in [9.17, 15) is 9.59 Å². The van der Waals surface area contributed by atoms with Crippen LogP contribution in [0.4, 0.5) is 4.79 Å². The van der Waals surface area contributed by atoms with Crippen LogP contribution in [0.15, 0.2) is 72.8 Å². The number of carbonyl (C=O) groups is 2. The molecule has 1 fully saturated rings. The number of fused-ring (bicyclic) bond motifs is 1. The molecular weight excluding hydrogens is 472 g/mol. The van der Waals surface area contributed by atoms with Gasteiger partial charge in [0, 0.05) is 37.2 Å². The fourth-order valence-electron chi connectivity index (χ4n) is 5.01. The van der Waals surface area contributed by atoms with Gasteiger partial charge in [-0.2, -0.15) is 0 Å². The van der Waals surface area contributed by atoms with E-state index in [2.05, 4.69) is 24.4 Å². The van der Waals surface area contributed by atoms with Crippen LogP contribution in [0, 0.1) is 5.92 Å². The van der Waals surface area contributed by atoms with Gasteiger partial charge in [-0.15, -0.1) is 0 Å². The largest absolute Gasteiger partial charge is 0.486 e. The molecule has 2 N–H and O–H groups in total. The van der Waals surface area contributed by atoms with Gasteiger partial charge in [0.1, 0.15) is 19.0 Å². The summed E-state index contributed by atoms with van der Waals surface area (Å²) in [6.07, 6.45) is -0.442. The summed E-state index contributed by atoms with van der Waals surface area (Å²) in [7, 11) is 0. The molecule has 2 heterocycles. The van der Waals surface area contributed by atoms with Crippen LogP contribution in [-0.2, 0) is 0 Å². The van der Waals surface area contributed by atoms with Crippen molar-refractivity contribution in [3.05, 3.63) is 89.5 Å². The summed E-state index contributed by atoms with van der Waals surface area (Å²) in [5, 5.41) is 12.7. The van der Waals surface area contributed by atoms with Gasteiger partial charge in [0.2, 0.25) is 0 Å². The van der Waals surface area contributed by atoms with Crippen LogP contribution in [-0.4, -0.2) is 54.9 Å². The third-order valence-corrected chi connectivity index (χ3v) is 6.98. The Bertz CT molecular complexity index is 1250. The molecular formula is C29H30N2O6. The van der Waals surface area contributed by atoms with Crippen molar-refractivity contribution in [1.82, 2.24) is 10.2 Å². The Kier molecular flexibility index (Phi) is 7.28. The van der Waals surface area contributed by atoms with Crippen molar-refractivity contribution in [2.24, 2.45) is 5.92 Å². The van der Waals surface area contributed by atoms with Crippen LogP contribution in [0.5, 0.6) is 17.2 Å². The number of nitrogens with zero attached hydrogens (tertiary/aromatic N) is 1. The highest BCUT2D eigenvalue weighted by molar-refractivity contribution is 5.87. The fourth-order valence-corrected chi connectivity index (χ4v) is 5.01. The van der Waals surface area contributed by atoms with Gasteiger partial charge >= 0.3 is 12.1 Å². The SMILES string of the molecule is CC(NC[C@@H]1CN(C(=O)Oc2ccc(C(=O)O)cc2)C[C@@H]1c1ccccc1)c1cccc2c1OCCO2. The molecule has 5 rings (SSSR count). The highest BCUT2D eigenvalue weighted by Gasteiger charge is 2.37. The number of para-hydroxylation sites is 1. The molecule has 0 spiro atoms. The number of carbonyl (C=O) groups excluding carboxylic acids is 1. The van der Waals surface area contributed by atoms with Crippen molar-refractivity contribution < 1.29 is 28.9 Å². The molecule has 2 aliphatic rings. The Morgan fingerprint density at radius 3 is 2.51 bits per heavy atom. The average Bonchev–Trinajstić information content (AvgIpc) is 3.37. The molecule has 2 aliphatic heterocycles. The molecule has 192 valence electrons. The van der Waals surface area contributed by atoms with Crippen LogP contribution in [0.2, 0.25) is 0 Å². The molecule has 37 heavy (non-hydrogen) atoms. The number of amides is 1. The minimum atomic E-state index is -1.03. The Hall–Kier alpha value is -4.04. The second-order valence-electron chi connectivity index (χ2n) is 9.38. The van der Waals surface area contributed by atoms with Gasteiger partial charge in [0.05, 0.1) is 5.56 Å². The first kappa shape index (κ1) is 24.6. The van der Waals surface area contributed by atoms with Gasteiger partial charge in [0.15, 0.2) is 11.5 Å². The highest BCUT2D eigenvalue weighted by Crippen LogP contribution is 2.38. The van der Waals surface area contributed by atoms with E-state index in [0.29, 0.717) is 38.6 Å². The van der Waals surface area contributed by atoms with E-state index in [4.69, 9.17) is 19.3 Å². The van der Waals surface area contributed by atoms with E-state index >= 15 is 0 Å². The lowest BCUT2D eigenvalue weighted by Gasteiger charge is -2.26. The minimum Gasteiger partial charge on any atom is -0.486 e. The van der Waals surface area contributed by atoms with E-state index in [-0.39, 0.29) is 23.4 Å². The number of rotatable bonds is 7. The van der Waals surface area contributed by atoms with Crippen molar-refractivity contribution in [1.29, 1.82) is 0 Å². The van der Waals surface area contributed by atoms with Gasteiger partial charge < -0.3 is 29.5 Å². The van der Waals surface area contributed by atoms with Gasteiger partial charge in [-0.05, 0) is 48.7 Å². The molecule has 1 unspecified atom stereocenters. The minimum absolute atomic E-state index is 0.0295. The number of benzene rings is 3. The summed E-state index contributed by atoms with van der Waals surface area (Å²) in [4.78, 5) is 25.8. The summed E-state index contributed by atoms with van der Waals surface area (Å²) >= 11 is 0. The van der Waals surface area contributed by atoms with Crippen molar-refractivity contribution in [2.75, 3.05) is 32.8 Å². The number of hydrogen-bond donors (Lipinski definition) is 2. The second-order valence-corrected chi connectivity index (χ2v) is 9.38. The van der Waals surface area contributed by atoms with Crippen molar-refractivity contribution in [3.63, 3.8) is 0 Å². The Balaban J connectivity index is 1.28. The molecule has 0 bridgehead atoms. The number of carboxylic acid groups (broad SMARTS) is 1. The molecule has 0 radical (unpaired) electrons. The maximum absolute atomic E-state index is 13.0. The van der Waals surface area contributed by atoms with Crippen molar-refractivity contribution in [2.45, 2.75) is 18.9 Å². The van der Waals surface area contributed by atoms with E-state index < -0.39 is 12.1 Å². The number of aromatic carboxylic acids is 1. The number of likely N-dealkylation sites (tertiary alicyclic amines) is 1. The van der Waals surface area contributed by atoms with E-state index in [1.165, 1.54) is 29.8 Å². The third kappa shape index (κ3) is 5.54. The van der Waals surface area contributed by atoms with Gasteiger partial charge in [0.25, 0.3) is 0 Å². The highest BCUT2D eigenvalue weighted by atomic mass is 16.6. The Labute approximate surface area is 215 Å². The lowest BCUT2D eigenvalue weighted by Crippen LogP contribution is -2.33. The molecule has 1 amide bonds. The molecule has 0 aliphatic carbocycles. The molecule has 1 saturated heterocycles. The van der Waals surface area contributed by atoms with Crippen LogP contribution >= 0.6 is 0 Å². The third-order valence-electron chi connectivity index (χ3n) is 6.98. The molecule has 0 aromatic heterocycles. The number of carboxylic acids is 1. The van der Waals surface area contributed by atoms with E-state index in [1.54, 1.807) is 4.90 Å². The maximum Gasteiger partial charge on any atom is 0.415 e. The second kappa shape index (κ2) is 10.9. The predicted octanol–water partition coefficient (Wildman–Crippen LogP) is 4.72. The zero-order chi connectivity index (χ0) is 25.8. The molecule has 3 aromatic carbocycles. The summed E-state index contributed by atoms with van der Waals surface area (Å²) in [6, 6.07) is 22.0. The van der Waals surface area contributed by atoms with Gasteiger partial charge in [-0.3, -0.25) is 0 Å². The lowest BCUT2D eigenvalue weighted by molar-refractivity contribution is 0.0697. The molecule has 8 nitrogen and oxygen atoms in total. The Morgan fingerprint density at radius 2 is 1.76 bits per heavy atom. The zero-order valence-electron chi connectivity index (χ0n) is 20.6. The standard InChI is InChI=1S/C29H30N2O6/c1-19(24-8-5-9-26-27(24)36-15-14-35-26)30-16-22-17-31(18-25(22)20-6-3-2-4-7-20)29(34)37-23-12-10-21(11-13-23)28(32)33/h2-13,19,22,25,30H,14-18H2,1H3,(H,32,33)/t19?,22-,25-/m1/s1. The quantitative estimate of drug-likeness (QED) is 0.482. The van der Waals surface area contributed by atoms with E-state index in [0.717, 1.165) is 17.1 Å².